The summed E-state index contributed by atoms with van der Waals surface area (Å²) in [6, 6.07) is 8.29. The van der Waals surface area contributed by atoms with Gasteiger partial charge >= 0.3 is 0 Å². The van der Waals surface area contributed by atoms with Gasteiger partial charge in [0, 0.05) is 6.07 Å². The fourth-order valence-electron chi connectivity index (χ4n) is 1.65. The number of aromatic hydroxyl groups is 1. The first kappa shape index (κ1) is 15.1. The van der Waals surface area contributed by atoms with Crippen molar-refractivity contribution in [3.05, 3.63) is 62.1 Å². The maximum Gasteiger partial charge on any atom is 0.290 e. The van der Waals surface area contributed by atoms with Gasteiger partial charge in [-0.25, -0.2) is 0 Å². The fraction of sp³-hybridized carbons (Fsp3) is 0. The van der Waals surface area contributed by atoms with Gasteiger partial charge in [-0.2, -0.15) is 0 Å². The normalized spacial score (nSPS) is 10.2. The highest BCUT2D eigenvalue weighted by Crippen LogP contribution is 2.33. The highest BCUT2D eigenvalue weighted by molar-refractivity contribution is 6.36. The predicted octanol–water partition coefficient (Wildman–Crippen LogP) is 3.86. The van der Waals surface area contributed by atoms with Crippen LogP contribution in [0.3, 0.4) is 0 Å². The van der Waals surface area contributed by atoms with E-state index in [0.29, 0.717) is 0 Å². The van der Waals surface area contributed by atoms with E-state index in [0.717, 1.165) is 0 Å². The van der Waals surface area contributed by atoms with Crippen molar-refractivity contribution in [2.75, 3.05) is 5.32 Å². The van der Waals surface area contributed by atoms with E-state index in [-0.39, 0.29) is 32.7 Å². The number of nitrogens with one attached hydrogen (secondary N) is 1. The third kappa shape index (κ3) is 3.07. The number of benzene rings is 2. The molecule has 6 nitrogen and oxygen atoms in total. The zero-order valence-corrected chi connectivity index (χ0v) is 11.9. The Balaban J connectivity index is 2.34. The van der Waals surface area contributed by atoms with E-state index in [9.17, 15) is 20.0 Å². The Morgan fingerprint density at radius 2 is 1.86 bits per heavy atom. The van der Waals surface area contributed by atoms with Crippen molar-refractivity contribution in [3.63, 3.8) is 0 Å². The third-order valence-electron chi connectivity index (χ3n) is 2.65. The molecule has 108 valence electrons. The lowest BCUT2D eigenvalue weighted by molar-refractivity contribution is -0.384. The van der Waals surface area contributed by atoms with Gasteiger partial charge in [0.25, 0.3) is 11.6 Å². The molecule has 2 rings (SSSR count). The molecule has 0 spiro atoms. The summed E-state index contributed by atoms with van der Waals surface area (Å²) < 4.78 is 0. The summed E-state index contributed by atoms with van der Waals surface area (Å²) in [4.78, 5) is 22.2. The molecule has 21 heavy (non-hydrogen) atoms. The fourth-order valence-corrected chi connectivity index (χ4v) is 2.06. The molecule has 8 heteroatoms. The molecule has 0 atom stereocenters. The van der Waals surface area contributed by atoms with Gasteiger partial charge in [0.1, 0.15) is 10.8 Å². The number of phenols is 1. The number of amides is 1. The number of hydrogen-bond donors (Lipinski definition) is 2. The topological polar surface area (TPSA) is 92.5 Å². The first-order valence-corrected chi connectivity index (χ1v) is 6.39. The van der Waals surface area contributed by atoms with Crippen molar-refractivity contribution in [3.8, 4) is 5.75 Å². The van der Waals surface area contributed by atoms with Crippen LogP contribution in [-0.2, 0) is 0 Å². The summed E-state index contributed by atoms with van der Waals surface area (Å²) in [5.41, 5.74) is -0.329. The van der Waals surface area contributed by atoms with Crippen LogP contribution in [0.4, 0.5) is 11.4 Å². The van der Waals surface area contributed by atoms with Crippen LogP contribution in [-0.4, -0.2) is 15.9 Å². The molecule has 0 radical (unpaired) electrons. The quantitative estimate of drug-likeness (QED) is 0.661. The molecule has 0 aliphatic carbocycles. The summed E-state index contributed by atoms with van der Waals surface area (Å²) in [6.07, 6.45) is 0. The highest BCUT2D eigenvalue weighted by Gasteiger charge is 2.19. The summed E-state index contributed by atoms with van der Waals surface area (Å²) in [5, 5.41) is 22.7. The molecule has 0 unspecified atom stereocenters. The molecule has 0 aliphatic heterocycles. The lowest BCUT2D eigenvalue weighted by atomic mass is 10.2. The average molecular weight is 327 g/mol. The number of nitro benzene ring substituents is 1. The molecular formula is C13H8Cl2N2O4. The van der Waals surface area contributed by atoms with Gasteiger partial charge in [0.2, 0.25) is 0 Å². The van der Waals surface area contributed by atoms with Crippen LogP contribution < -0.4 is 5.32 Å². The zero-order chi connectivity index (χ0) is 15.6. The maximum absolute atomic E-state index is 12.1. The van der Waals surface area contributed by atoms with E-state index in [1.165, 1.54) is 36.4 Å². The van der Waals surface area contributed by atoms with Crippen LogP contribution >= 0.6 is 23.2 Å². The van der Waals surface area contributed by atoms with Crippen LogP contribution in [0.15, 0.2) is 36.4 Å². The predicted molar refractivity (Wildman–Crippen MR) is 79.2 cm³/mol. The molecule has 2 N–H and O–H groups in total. The summed E-state index contributed by atoms with van der Waals surface area (Å²) in [6.45, 7) is 0. The maximum atomic E-state index is 12.1. The van der Waals surface area contributed by atoms with Gasteiger partial charge in [-0.3, -0.25) is 14.9 Å². The first-order valence-electron chi connectivity index (χ1n) is 5.63. The molecule has 2 aromatic carbocycles. The lowest BCUT2D eigenvalue weighted by Gasteiger charge is -2.09. The number of anilines is 1. The molecule has 0 saturated carbocycles. The lowest BCUT2D eigenvalue weighted by Crippen LogP contribution is -2.12. The molecule has 2 aromatic rings. The molecule has 0 aromatic heterocycles. The number of phenolic OH excluding ortho intramolecular Hbond substituents is 1. The van der Waals surface area contributed by atoms with E-state index in [1.807, 2.05) is 0 Å². The van der Waals surface area contributed by atoms with E-state index in [1.54, 1.807) is 0 Å². The van der Waals surface area contributed by atoms with Crippen LogP contribution in [0.1, 0.15) is 10.4 Å². The molecule has 0 aliphatic rings. The molecule has 1 amide bonds. The summed E-state index contributed by atoms with van der Waals surface area (Å²) >= 11 is 11.6. The molecule has 0 saturated heterocycles. The van der Waals surface area contributed by atoms with Crippen molar-refractivity contribution in [1.82, 2.24) is 0 Å². The van der Waals surface area contributed by atoms with Crippen molar-refractivity contribution >= 4 is 40.5 Å². The minimum absolute atomic E-state index is 0.0211. The number of nitrogens with zero attached hydrogens (tertiary/aromatic N) is 1. The van der Waals surface area contributed by atoms with Crippen molar-refractivity contribution < 1.29 is 14.8 Å². The number of halogens is 2. The Bertz CT molecular complexity index is 734. The summed E-state index contributed by atoms with van der Waals surface area (Å²) in [5.74, 6) is -1.06. The van der Waals surface area contributed by atoms with Crippen molar-refractivity contribution in [1.29, 1.82) is 0 Å². The zero-order valence-electron chi connectivity index (χ0n) is 10.3. The van der Waals surface area contributed by atoms with Crippen LogP contribution in [0.5, 0.6) is 5.75 Å². The minimum Gasteiger partial charge on any atom is -0.506 e. The first-order chi connectivity index (χ1) is 9.91. The standard InChI is InChI=1S/C13H8Cl2N2O4/c14-8-4-1-3-7(12(8)18)13(19)16-9-5-2-6-10(11(9)15)17(20)21/h1-6,18H,(H,16,19). The Labute approximate surface area is 129 Å². The van der Waals surface area contributed by atoms with Crippen molar-refractivity contribution in [2.45, 2.75) is 0 Å². The van der Waals surface area contributed by atoms with Crippen molar-refractivity contribution in [2.24, 2.45) is 0 Å². The number of nitro groups is 1. The highest BCUT2D eigenvalue weighted by atomic mass is 35.5. The van der Waals surface area contributed by atoms with Crippen LogP contribution in [0.25, 0.3) is 0 Å². The number of para-hydroxylation sites is 1. The molecular weight excluding hydrogens is 319 g/mol. The second-order valence-corrected chi connectivity index (χ2v) is 4.77. The average Bonchev–Trinajstić information content (AvgIpc) is 2.43. The van der Waals surface area contributed by atoms with Gasteiger partial charge < -0.3 is 10.4 Å². The second kappa shape index (κ2) is 5.99. The number of carbonyl (C=O) groups is 1. The Morgan fingerprint density at radius 1 is 1.19 bits per heavy atom. The van der Waals surface area contributed by atoms with E-state index in [2.05, 4.69) is 5.32 Å². The van der Waals surface area contributed by atoms with E-state index < -0.39 is 10.8 Å². The molecule has 0 fully saturated rings. The Hall–Kier alpha value is -2.31. The van der Waals surface area contributed by atoms with Gasteiger partial charge in [0.05, 0.1) is 21.2 Å². The van der Waals surface area contributed by atoms with E-state index >= 15 is 0 Å². The Morgan fingerprint density at radius 3 is 2.52 bits per heavy atom. The van der Waals surface area contributed by atoms with Gasteiger partial charge in [-0.15, -0.1) is 0 Å². The van der Waals surface area contributed by atoms with Gasteiger partial charge in [-0.05, 0) is 18.2 Å². The van der Waals surface area contributed by atoms with Gasteiger partial charge in [0.15, 0.2) is 0 Å². The van der Waals surface area contributed by atoms with Crippen LogP contribution in [0.2, 0.25) is 10.0 Å². The summed E-state index contributed by atoms with van der Waals surface area (Å²) in [7, 11) is 0. The second-order valence-electron chi connectivity index (χ2n) is 3.99. The minimum atomic E-state index is -0.683. The number of carbonyl (C=O) groups excluding carboxylic acids is 1. The Kier molecular flexibility index (Phi) is 4.30. The molecule has 0 heterocycles. The molecule has 0 bridgehead atoms. The SMILES string of the molecule is O=C(Nc1cccc([N+](=O)[O-])c1Cl)c1cccc(Cl)c1O. The van der Waals surface area contributed by atoms with E-state index in [4.69, 9.17) is 23.2 Å². The smallest absolute Gasteiger partial charge is 0.290 e. The van der Waals surface area contributed by atoms with Crippen LogP contribution in [0, 0.1) is 10.1 Å². The van der Waals surface area contributed by atoms with Gasteiger partial charge in [-0.1, -0.05) is 35.3 Å². The third-order valence-corrected chi connectivity index (χ3v) is 3.36. The number of rotatable bonds is 3. The largest absolute Gasteiger partial charge is 0.506 e. The monoisotopic (exact) mass is 326 g/mol. The number of hydrogen-bond acceptors (Lipinski definition) is 4.